The van der Waals surface area contributed by atoms with Gasteiger partial charge in [-0.1, -0.05) is 6.92 Å². The van der Waals surface area contributed by atoms with E-state index in [0.717, 1.165) is 31.6 Å². The third-order valence-electron chi connectivity index (χ3n) is 3.23. The smallest absolute Gasteiger partial charge is 0.237 e. The standard InChI is InChI=1S/C14H22N2O2/c1-3-12-10-11(7-9-18-12)16-13-6-5-8-15-14(13)17-4-2/h5-6,8,11-12,16H,3-4,7,9-10H2,1-2H3. The number of hydrogen-bond donors (Lipinski definition) is 1. The van der Waals surface area contributed by atoms with Crippen LogP contribution in [0.5, 0.6) is 5.88 Å². The molecule has 0 radical (unpaired) electrons. The highest BCUT2D eigenvalue weighted by atomic mass is 16.5. The fourth-order valence-electron chi connectivity index (χ4n) is 2.27. The van der Waals surface area contributed by atoms with Crippen molar-refractivity contribution in [2.75, 3.05) is 18.5 Å². The fraction of sp³-hybridized carbons (Fsp3) is 0.643. The summed E-state index contributed by atoms with van der Waals surface area (Å²) in [6.07, 6.45) is 5.30. The molecule has 2 rings (SSSR count). The third-order valence-corrected chi connectivity index (χ3v) is 3.23. The van der Waals surface area contributed by atoms with Gasteiger partial charge in [-0.3, -0.25) is 0 Å². The minimum atomic E-state index is 0.378. The normalized spacial score (nSPS) is 23.7. The molecule has 2 atom stereocenters. The van der Waals surface area contributed by atoms with Gasteiger partial charge in [0, 0.05) is 18.8 Å². The molecule has 1 aliphatic rings. The van der Waals surface area contributed by atoms with Crippen LogP contribution in [0.1, 0.15) is 33.1 Å². The number of ether oxygens (including phenoxy) is 2. The van der Waals surface area contributed by atoms with Crippen LogP contribution in [-0.4, -0.2) is 30.3 Å². The minimum absolute atomic E-state index is 0.378. The first-order valence-corrected chi connectivity index (χ1v) is 6.79. The van der Waals surface area contributed by atoms with E-state index >= 15 is 0 Å². The Labute approximate surface area is 109 Å². The van der Waals surface area contributed by atoms with E-state index in [1.165, 1.54) is 0 Å². The summed E-state index contributed by atoms with van der Waals surface area (Å²) in [4.78, 5) is 4.26. The summed E-state index contributed by atoms with van der Waals surface area (Å²) in [5.74, 6) is 0.694. The molecule has 0 bridgehead atoms. The molecule has 1 aromatic rings. The number of hydrogen-bond acceptors (Lipinski definition) is 4. The van der Waals surface area contributed by atoms with E-state index in [9.17, 15) is 0 Å². The van der Waals surface area contributed by atoms with E-state index in [4.69, 9.17) is 9.47 Å². The van der Waals surface area contributed by atoms with E-state index in [-0.39, 0.29) is 0 Å². The highest BCUT2D eigenvalue weighted by Gasteiger charge is 2.22. The Morgan fingerprint density at radius 1 is 1.50 bits per heavy atom. The van der Waals surface area contributed by atoms with Gasteiger partial charge in [0.2, 0.25) is 5.88 Å². The third kappa shape index (κ3) is 3.35. The molecule has 0 aromatic carbocycles. The Hall–Kier alpha value is -1.29. The second-order valence-corrected chi connectivity index (χ2v) is 4.56. The zero-order valence-electron chi connectivity index (χ0n) is 11.2. The molecule has 1 saturated heterocycles. The Bertz CT molecular complexity index is 371. The molecule has 4 nitrogen and oxygen atoms in total. The second-order valence-electron chi connectivity index (χ2n) is 4.56. The summed E-state index contributed by atoms with van der Waals surface area (Å²) in [6.45, 7) is 5.61. The van der Waals surface area contributed by atoms with Crippen molar-refractivity contribution in [1.82, 2.24) is 4.98 Å². The zero-order valence-corrected chi connectivity index (χ0v) is 11.2. The molecule has 2 unspecified atom stereocenters. The predicted molar refractivity (Wildman–Crippen MR) is 72.1 cm³/mol. The van der Waals surface area contributed by atoms with Gasteiger partial charge in [-0.05, 0) is 38.3 Å². The van der Waals surface area contributed by atoms with Crippen molar-refractivity contribution in [2.45, 2.75) is 45.3 Å². The largest absolute Gasteiger partial charge is 0.476 e. The van der Waals surface area contributed by atoms with Crippen LogP contribution in [0.25, 0.3) is 0 Å². The molecule has 0 saturated carbocycles. The number of rotatable bonds is 5. The van der Waals surface area contributed by atoms with Crippen LogP contribution in [0, 0.1) is 0 Å². The maximum absolute atomic E-state index is 5.69. The fourth-order valence-corrected chi connectivity index (χ4v) is 2.27. The topological polar surface area (TPSA) is 43.4 Å². The van der Waals surface area contributed by atoms with Gasteiger partial charge in [-0.15, -0.1) is 0 Å². The maximum atomic E-state index is 5.69. The van der Waals surface area contributed by atoms with Gasteiger partial charge in [-0.2, -0.15) is 0 Å². The summed E-state index contributed by atoms with van der Waals surface area (Å²) in [7, 11) is 0. The van der Waals surface area contributed by atoms with Crippen LogP contribution in [0.15, 0.2) is 18.3 Å². The van der Waals surface area contributed by atoms with Gasteiger partial charge in [0.15, 0.2) is 0 Å². The number of aromatic nitrogens is 1. The predicted octanol–water partition coefficient (Wildman–Crippen LogP) is 2.85. The van der Waals surface area contributed by atoms with Crippen molar-refractivity contribution < 1.29 is 9.47 Å². The average molecular weight is 250 g/mol. The monoisotopic (exact) mass is 250 g/mol. The molecule has 18 heavy (non-hydrogen) atoms. The Morgan fingerprint density at radius 3 is 3.17 bits per heavy atom. The average Bonchev–Trinajstić information content (AvgIpc) is 2.41. The first-order valence-electron chi connectivity index (χ1n) is 6.79. The van der Waals surface area contributed by atoms with Crippen molar-refractivity contribution in [3.63, 3.8) is 0 Å². The van der Waals surface area contributed by atoms with Crippen LogP contribution >= 0.6 is 0 Å². The summed E-state index contributed by atoms with van der Waals surface area (Å²) in [6, 6.07) is 4.41. The second kappa shape index (κ2) is 6.59. The Morgan fingerprint density at radius 2 is 2.39 bits per heavy atom. The summed E-state index contributed by atoms with van der Waals surface area (Å²) < 4.78 is 11.2. The first-order chi connectivity index (χ1) is 8.83. The van der Waals surface area contributed by atoms with E-state index in [0.29, 0.717) is 24.6 Å². The molecule has 1 aromatic heterocycles. The highest BCUT2D eigenvalue weighted by molar-refractivity contribution is 5.52. The molecule has 0 aliphatic carbocycles. The van der Waals surface area contributed by atoms with Gasteiger partial charge in [0.05, 0.1) is 18.4 Å². The van der Waals surface area contributed by atoms with Crippen molar-refractivity contribution in [1.29, 1.82) is 0 Å². The molecular weight excluding hydrogens is 228 g/mol. The SMILES string of the molecule is CCOc1ncccc1NC1CCOC(CC)C1. The molecule has 4 heteroatoms. The lowest BCUT2D eigenvalue weighted by molar-refractivity contribution is 0.00921. The van der Waals surface area contributed by atoms with Crippen LogP contribution in [0.2, 0.25) is 0 Å². The van der Waals surface area contributed by atoms with E-state index in [1.807, 2.05) is 19.1 Å². The van der Waals surface area contributed by atoms with Gasteiger partial charge in [0.1, 0.15) is 0 Å². The molecule has 0 amide bonds. The number of nitrogens with one attached hydrogen (secondary N) is 1. The highest BCUT2D eigenvalue weighted by Crippen LogP contribution is 2.25. The van der Waals surface area contributed by atoms with Gasteiger partial charge >= 0.3 is 0 Å². The Kier molecular flexibility index (Phi) is 4.81. The number of nitrogens with zero attached hydrogens (tertiary/aromatic N) is 1. The maximum Gasteiger partial charge on any atom is 0.237 e. The lowest BCUT2D eigenvalue weighted by Crippen LogP contribution is -2.33. The van der Waals surface area contributed by atoms with Gasteiger partial charge in [-0.25, -0.2) is 4.98 Å². The number of pyridine rings is 1. The number of anilines is 1. The van der Waals surface area contributed by atoms with Crippen LogP contribution in [0.4, 0.5) is 5.69 Å². The quantitative estimate of drug-likeness (QED) is 0.872. The van der Waals surface area contributed by atoms with Crippen molar-refractivity contribution >= 4 is 5.69 Å². The van der Waals surface area contributed by atoms with Gasteiger partial charge < -0.3 is 14.8 Å². The van der Waals surface area contributed by atoms with Crippen LogP contribution in [0.3, 0.4) is 0 Å². The molecule has 1 aliphatic heterocycles. The summed E-state index contributed by atoms with van der Waals surface area (Å²) in [5, 5.41) is 3.53. The Balaban J connectivity index is 1.99. The molecule has 100 valence electrons. The van der Waals surface area contributed by atoms with E-state index in [1.54, 1.807) is 6.20 Å². The van der Waals surface area contributed by atoms with Crippen molar-refractivity contribution in [3.05, 3.63) is 18.3 Å². The lowest BCUT2D eigenvalue weighted by atomic mass is 10.0. The molecule has 1 N–H and O–H groups in total. The van der Waals surface area contributed by atoms with E-state index < -0.39 is 0 Å². The van der Waals surface area contributed by atoms with Crippen molar-refractivity contribution in [3.8, 4) is 5.88 Å². The minimum Gasteiger partial charge on any atom is -0.476 e. The summed E-state index contributed by atoms with van der Waals surface area (Å²) in [5.41, 5.74) is 0.987. The zero-order chi connectivity index (χ0) is 12.8. The van der Waals surface area contributed by atoms with Crippen LogP contribution < -0.4 is 10.1 Å². The molecule has 0 spiro atoms. The van der Waals surface area contributed by atoms with Crippen molar-refractivity contribution in [2.24, 2.45) is 0 Å². The van der Waals surface area contributed by atoms with Crippen LogP contribution in [-0.2, 0) is 4.74 Å². The van der Waals surface area contributed by atoms with E-state index in [2.05, 4.69) is 17.2 Å². The summed E-state index contributed by atoms with van der Waals surface area (Å²) >= 11 is 0. The lowest BCUT2D eigenvalue weighted by Gasteiger charge is -2.30. The molecule has 2 heterocycles. The molecular formula is C14H22N2O2. The molecule has 1 fully saturated rings. The van der Waals surface area contributed by atoms with Gasteiger partial charge in [0.25, 0.3) is 0 Å². The first kappa shape index (κ1) is 13.1.